The molecule has 1 aromatic rings. The minimum atomic E-state index is -0.0295. The topological polar surface area (TPSA) is 44.4 Å². The van der Waals surface area contributed by atoms with Crippen LogP contribution in [0.5, 0.6) is 0 Å². The quantitative estimate of drug-likeness (QED) is 0.869. The van der Waals surface area contributed by atoms with Crippen LogP contribution in [0.25, 0.3) is 0 Å². The van der Waals surface area contributed by atoms with Gasteiger partial charge in [-0.3, -0.25) is 9.69 Å². The molecule has 2 rings (SSSR count). The summed E-state index contributed by atoms with van der Waals surface area (Å²) in [5.74, 6) is -0.0295. The maximum absolute atomic E-state index is 11.0. The fourth-order valence-electron chi connectivity index (χ4n) is 2.52. The van der Waals surface area contributed by atoms with Gasteiger partial charge in [-0.2, -0.15) is 0 Å². The molecule has 1 unspecified atom stereocenters. The van der Waals surface area contributed by atoms with Gasteiger partial charge in [-0.1, -0.05) is 12.1 Å². The molecule has 1 aliphatic rings. The molecular formula is C15H23N3O. The number of amides is 1. The Morgan fingerprint density at radius 1 is 1.42 bits per heavy atom. The number of rotatable bonds is 4. The molecule has 104 valence electrons. The number of likely N-dealkylation sites (N-methyl/N-ethyl adjacent to an activating group) is 1. The molecule has 0 radical (unpaired) electrons. The maximum Gasteiger partial charge on any atom is 0.221 e. The van der Waals surface area contributed by atoms with Crippen LogP contribution in [-0.2, 0) is 11.3 Å². The third-order valence-corrected chi connectivity index (χ3v) is 3.60. The Bertz CT molecular complexity index is 410. The van der Waals surface area contributed by atoms with Crippen molar-refractivity contribution in [2.45, 2.75) is 32.4 Å². The number of hydrogen-bond donors (Lipinski definition) is 2. The SMILES string of the molecule is CC(=O)Nc1ccc(CN(C)C2CCCNC2)cc1. The van der Waals surface area contributed by atoms with Crippen LogP contribution in [-0.4, -0.2) is 37.0 Å². The molecule has 0 saturated carbocycles. The van der Waals surface area contributed by atoms with Gasteiger partial charge in [0.05, 0.1) is 0 Å². The number of piperidine rings is 1. The largest absolute Gasteiger partial charge is 0.326 e. The van der Waals surface area contributed by atoms with Gasteiger partial charge in [-0.25, -0.2) is 0 Å². The Balaban J connectivity index is 1.89. The van der Waals surface area contributed by atoms with Crippen LogP contribution in [0.15, 0.2) is 24.3 Å². The molecule has 19 heavy (non-hydrogen) atoms. The maximum atomic E-state index is 11.0. The highest BCUT2D eigenvalue weighted by atomic mass is 16.1. The van der Waals surface area contributed by atoms with E-state index < -0.39 is 0 Å². The number of carbonyl (C=O) groups excluding carboxylic acids is 1. The fraction of sp³-hybridized carbons (Fsp3) is 0.533. The normalized spacial score (nSPS) is 19.4. The predicted molar refractivity (Wildman–Crippen MR) is 78.1 cm³/mol. The summed E-state index contributed by atoms with van der Waals surface area (Å²) in [5.41, 5.74) is 2.14. The Kier molecular flexibility index (Phi) is 4.93. The van der Waals surface area contributed by atoms with E-state index in [-0.39, 0.29) is 5.91 Å². The van der Waals surface area contributed by atoms with E-state index in [9.17, 15) is 4.79 Å². The van der Waals surface area contributed by atoms with Crippen LogP contribution >= 0.6 is 0 Å². The standard InChI is InChI=1S/C15H23N3O/c1-12(19)17-14-7-5-13(6-8-14)11-18(2)15-4-3-9-16-10-15/h5-8,15-16H,3-4,9-11H2,1-2H3,(H,17,19). The van der Waals surface area contributed by atoms with Crippen molar-refractivity contribution in [2.75, 3.05) is 25.5 Å². The second kappa shape index (κ2) is 6.68. The van der Waals surface area contributed by atoms with Crippen molar-refractivity contribution in [1.29, 1.82) is 0 Å². The van der Waals surface area contributed by atoms with E-state index >= 15 is 0 Å². The zero-order valence-electron chi connectivity index (χ0n) is 11.8. The first-order valence-electron chi connectivity index (χ1n) is 6.92. The molecule has 4 heteroatoms. The minimum Gasteiger partial charge on any atom is -0.326 e. The second-order valence-corrected chi connectivity index (χ2v) is 5.29. The summed E-state index contributed by atoms with van der Waals surface area (Å²) in [4.78, 5) is 13.4. The lowest BCUT2D eigenvalue weighted by Gasteiger charge is -2.31. The number of carbonyl (C=O) groups is 1. The molecule has 1 amide bonds. The average Bonchev–Trinajstić information content (AvgIpc) is 2.41. The van der Waals surface area contributed by atoms with Gasteiger partial charge >= 0.3 is 0 Å². The minimum absolute atomic E-state index is 0.0295. The molecule has 0 aromatic heterocycles. The molecule has 1 heterocycles. The molecular weight excluding hydrogens is 238 g/mol. The molecule has 4 nitrogen and oxygen atoms in total. The predicted octanol–water partition coefficient (Wildman–Crippen LogP) is 1.83. The Labute approximate surface area is 115 Å². The van der Waals surface area contributed by atoms with Crippen molar-refractivity contribution in [2.24, 2.45) is 0 Å². The fourth-order valence-corrected chi connectivity index (χ4v) is 2.52. The van der Waals surface area contributed by atoms with Crippen LogP contribution in [0.4, 0.5) is 5.69 Å². The van der Waals surface area contributed by atoms with Crippen LogP contribution in [0, 0.1) is 0 Å². The van der Waals surface area contributed by atoms with Crippen LogP contribution in [0.1, 0.15) is 25.3 Å². The molecule has 1 atom stereocenters. The van der Waals surface area contributed by atoms with Gasteiger partial charge in [0, 0.05) is 31.7 Å². The number of benzene rings is 1. The van der Waals surface area contributed by atoms with E-state index in [1.807, 2.05) is 12.1 Å². The lowest BCUT2D eigenvalue weighted by atomic mass is 10.1. The van der Waals surface area contributed by atoms with Gasteiger partial charge in [0.25, 0.3) is 0 Å². The summed E-state index contributed by atoms with van der Waals surface area (Å²) >= 11 is 0. The highest BCUT2D eigenvalue weighted by Crippen LogP contribution is 2.14. The molecule has 1 fully saturated rings. The van der Waals surface area contributed by atoms with Gasteiger partial charge in [0.15, 0.2) is 0 Å². The Hall–Kier alpha value is -1.39. The number of anilines is 1. The van der Waals surface area contributed by atoms with E-state index in [1.54, 1.807) is 0 Å². The summed E-state index contributed by atoms with van der Waals surface area (Å²) in [7, 11) is 2.18. The van der Waals surface area contributed by atoms with Crippen molar-refractivity contribution in [3.8, 4) is 0 Å². The average molecular weight is 261 g/mol. The smallest absolute Gasteiger partial charge is 0.221 e. The third-order valence-electron chi connectivity index (χ3n) is 3.60. The van der Waals surface area contributed by atoms with Crippen molar-refractivity contribution >= 4 is 11.6 Å². The van der Waals surface area contributed by atoms with Gasteiger partial charge in [0.1, 0.15) is 0 Å². The summed E-state index contributed by atoms with van der Waals surface area (Å²) < 4.78 is 0. The molecule has 2 N–H and O–H groups in total. The lowest BCUT2D eigenvalue weighted by molar-refractivity contribution is -0.114. The summed E-state index contributed by atoms with van der Waals surface area (Å²) in [6.07, 6.45) is 2.53. The zero-order valence-corrected chi connectivity index (χ0v) is 11.8. The highest BCUT2D eigenvalue weighted by Gasteiger charge is 2.17. The second-order valence-electron chi connectivity index (χ2n) is 5.29. The summed E-state index contributed by atoms with van der Waals surface area (Å²) in [5, 5.41) is 6.23. The molecule has 1 aromatic carbocycles. The van der Waals surface area contributed by atoms with Crippen LogP contribution in [0.2, 0.25) is 0 Å². The van der Waals surface area contributed by atoms with E-state index in [2.05, 4.69) is 34.7 Å². The summed E-state index contributed by atoms with van der Waals surface area (Å²) in [6, 6.07) is 8.72. The van der Waals surface area contributed by atoms with Crippen molar-refractivity contribution in [3.05, 3.63) is 29.8 Å². The summed E-state index contributed by atoms with van der Waals surface area (Å²) in [6.45, 7) is 4.71. The number of hydrogen-bond acceptors (Lipinski definition) is 3. The van der Waals surface area contributed by atoms with Gasteiger partial charge in [-0.05, 0) is 44.1 Å². The highest BCUT2D eigenvalue weighted by molar-refractivity contribution is 5.88. The Morgan fingerprint density at radius 2 is 2.16 bits per heavy atom. The van der Waals surface area contributed by atoms with Crippen LogP contribution < -0.4 is 10.6 Å². The molecule has 0 aliphatic carbocycles. The van der Waals surface area contributed by atoms with E-state index in [1.165, 1.54) is 25.3 Å². The molecule has 1 saturated heterocycles. The van der Waals surface area contributed by atoms with Crippen LogP contribution in [0.3, 0.4) is 0 Å². The first-order chi connectivity index (χ1) is 9.15. The molecule has 0 spiro atoms. The van der Waals surface area contributed by atoms with Gasteiger partial charge in [0.2, 0.25) is 5.91 Å². The van der Waals surface area contributed by atoms with E-state index in [4.69, 9.17) is 0 Å². The monoisotopic (exact) mass is 261 g/mol. The number of nitrogens with one attached hydrogen (secondary N) is 2. The number of nitrogens with zero attached hydrogens (tertiary/aromatic N) is 1. The van der Waals surface area contributed by atoms with E-state index in [0.717, 1.165) is 25.3 Å². The van der Waals surface area contributed by atoms with Crippen molar-refractivity contribution in [1.82, 2.24) is 10.2 Å². The first-order valence-corrected chi connectivity index (χ1v) is 6.92. The van der Waals surface area contributed by atoms with Crippen molar-refractivity contribution in [3.63, 3.8) is 0 Å². The Morgan fingerprint density at radius 3 is 2.74 bits per heavy atom. The van der Waals surface area contributed by atoms with E-state index in [0.29, 0.717) is 6.04 Å². The van der Waals surface area contributed by atoms with Gasteiger partial charge in [-0.15, -0.1) is 0 Å². The van der Waals surface area contributed by atoms with Crippen molar-refractivity contribution < 1.29 is 4.79 Å². The third kappa shape index (κ3) is 4.33. The zero-order chi connectivity index (χ0) is 13.7. The van der Waals surface area contributed by atoms with Gasteiger partial charge < -0.3 is 10.6 Å². The first kappa shape index (κ1) is 14.0. The molecule has 0 bridgehead atoms. The lowest BCUT2D eigenvalue weighted by Crippen LogP contribution is -2.43. The molecule has 1 aliphatic heterocycles.